The van der Waals surface area contributed by atoms with Crippen LogP contribution in [0.5, 0.6) is 5.75 Å². The van der Waals surface area contributed by atoms with E-state index in [2.05, 4.69) is 0 Å². The molecule has 0 saturated heterocycles. The predicted molar refractivity (Wildman–Crippen MR) is 73.4 cm³/mol. The fraction of sp³-hybridized carbons (Fsp3) is 0.375. The molecule has 3 rings (SSSR count). The van der Waals surface area contributed by atoms with Crippen LogP contribution in [-0.4, -0.2) is 26.0 Å². The molecule has 4 heteroatoms. The number of carbonyl (C=O) groups is 2. The van der Waals surface area contributed by atoms with Gasteiger partial charge in [0.2, 0.25) is 0 Å². The van der Waals surface area contributed by atoms with Gasteiger partial charge in [-0.1, -0.05) is 6.07 Å². The summed E-state index contributed by atoms with van der Waals surface area (Å²) in [4.78, 5) is 24.1. The Morgan fingerprint density at radius 3 is 2.80 bits per heavy atom. The maximum atomic E-state index is 12.2. The van der Waals surface area contributed by atoms with Gasteiger partial charge in [0.25, 0.3) is 0 Å². The SMILES string of the molecule is COC(=O)[C@]12CCc3cc(OC)ccc3C1=CC(=O)C2. The molecule has 1 aromatic rings. The molecule has 0 bridgehead atoms. The van der Waals surface area contributed by atoms with Crippen molar-refractivity contribution < 1.29 is 19.1 Å². The maximum absolute atomic E-state index is 12.2. The molecule has 104 valence electrons. The Kier molecular flexibility index (Phi) is 2.89. The summed E-state index contributed by atoms with van der Waals surface area (Å²) in [5.74, 6) is 0.476. The van der Waals surface area contributed by atoms with Gasteiger partial charge in [-0.15, -0.1) is 0 Å². The first-order valence-electron chi connectivity index (χ1n) is 6.61. The van der Waals surface area contributed by atoms with E-state index in [9.17, 15) is 9.59 Å². The Morgan fingerprint density at radius 2 is 2.10 bits per heavy atom. The molecule has 1 atom stereocenters. The summed E-state index contributed by atoms with van der Waals surface area (Å²) >= 11 is 0. The van der Waals surface area contributed by atoms with Crippen molar-refractivity contribution >= 4 is 17.3 Å². The fourth-order valence-corrected chi connectivity index (χ4v) is 3.30. The number of methoxy groups -OCH3 is 2. The second-order valence-corrected chi connectivity index (χ2v) is 5.30. The van der Waals surface area contributed by atoms with Crippen LogP contribution in [0.4, 0.5) is 0 Å². The molecule has 0 heterocycles. The Labute approximate surface area is 117 Å². The smallest absolute Gasteiger partial charge is 0.316 e. The number of carbonyl (C=O) groups excluding carboxylic acids is 2. The lowest BCUT2D eigenvalue weighted by molar-refractivity contribution is -0.150. The van der Waals surface area contributed by atoms with E-state index in [0.717, 1.165) is 28.9 Å². The van der Waals surface area contributed by atoms with Crippen molar-refractivity contribution in [3.8, 4) is 5.75 Å². The van der Waals surface area contributed by atoms with Gasteiger partial charge in [0.05, 0.1) is 14.2 Å². The number of aryl methyl sites for hydroxylation is 1. The number of allylic oxidation sites excluding steroid dienone is 1. The highest BCUT2D eigenvalue weighted by atomic mass is 16.5. The molecule has 2 aliphatic rings. The Bertz CT molecular complexity index is 629. The van der Waals surface area contributed by atoms with Gasteiger partial charge in [-0.2, -0.15) is 0 Å². The van der Waals surface area contributed by atoms with Gasteiger partial charge in [-0.05, 0) is 47.8 Å². The van der Waals surface area contributed by atoms with Gasteiger partial charge in [0.15, 0.2) is 5.78 Å². The van der Waals surface area contributed by atoms with E-state index in [0.29, 0.717) is 6.42 Å². The van der Waals surface area contributed by atoms with E-state index in [4.69, 9.17) is 9.47 Å². The maximum Gasteiger partial charge on any atom is 0.316 e. The van der Waals surface area contributed by atoms with Crippen LogP contribution in [0, 0.1) is 5.41 Å². The molecule has 0 unspecified atom stereocenters. The molecule has 0 N–H and O–H groups in total. The summed E-state index contributed by atoms with van der Waals surface area (Å²) in [5, 5.41) is 0. The molecular formula is C16H16O4. The standard InChI is InChI=1S/C16H16O4/c1-19-12-3-4-13-10(7-12)5-6-16(15(18)20-2)9-11(17)8-14(13)16/h3-4,7-8H,5-6,9H2,1-2H3/t16-/m0/s1. The lowest BCUT2D eigenvalue weighted by atomic mass is 9.69. The zero-order valence-corrected chi connectivity index (χ0v) is 11.6. The topological polar surface area (TPSA) is 52.6 Å². The molecule has 4 nitrogen and oxygen atoms in total. The number of ketones is 1. The van der Waals surface area contributed by atoms with Crippen LogP contribution in [0.15, 0.2) is 24.3 Å². The normalized spacial score (nSPS) is 23.7. The van der Waals surface area contributed by atoms with Crippen molar-refractivity contribution in [2.45, 2.75) is 19.3 Å². The van der Waals surface area contributed by atoms with Crippen molar-refractivity contribution in [3.05, 3.63) is 35.4 Å². The molecule has 1 aromatic carbocycles. The van der Waals surface area contributed by atoms with Crippen molar-refractivity contribution in [2.24, 2.45) is 5.41 Å². The summed E-state index contributed by atoms with van der Waals surface area (Å²) in [6.45, 7) is 0. The molecule has 2 aliphatic carbocycles. The average Bonchev–Trinajstić information content (AvgIpc) is 2.83. The van der Waals surface area contributed by atoms with Crippen LogP contribution in [0.2, 0.25) is 0 Å². The number of fused-ring (bicyclic) bond motifs is 3. The van der Waals surface area contributed by atoms with E-state index in [1.807, 2.05) is 18.2 Å². The molecule has 0 aromatic heterocycles. The van der Waals surface area contributed by atoms with Crippen molar-refractivity contribution in [1.29, 1.82) is 0 Å². The van der Waals surface area contributed by atoms with Crippen LogP contribution in [0.3, 0.4) is 0 Å². The minimum Gasteiger partial charge on any atom is -0.497 e. The van der Waals surface area contributed by atoms with Crippen LogP contribution in [0.25, 0.3) is 5.57 Å². The highest BCUT2D eigenvalue weighted by molar-refractivity contribution is 6.12. The van der Waals surface area contributed by atoms with E-state index in [1.54, 1.807) is 13.2 Å². The van der Waals surface area contributed by atoms with E-state index >= 15 is 0 Å². The highest BCUT2D eigenvalue weighted by Gasteiger charge is 2.51. The number of benzene rings is 1. The second-order valence-electron chi connectivity index (χ2n) is 5.30. The molecule has 0 aliphatic heterocycles. The van der Waals surface area contributed by atoms with E-state index in [-0.39, 0.29) is 18.2 Å². The molecule has 0 spiro atoms. The molecule has 0 radical (unpaired) electrons. The van der Waals surface area contributed by atoms with Crippen molar-refractivity contribution in [3.63, 3.8) is 0 Å². The zero-order valence-electron chi connectivity index (χ0n) is 11.6. The number of ether oxygens (including phenoxy) is 2. The third-order valence-corrected chi connectivity index (χ3v) is 4.30. The summed E-state index contributed by atoms with van der Waals surface area (Å²) in [6, 6.07) is 5.76. The molecule has 20 heavy (non-hydrogen) atoms. The summed E-state index contributed by atoms with van der Waals surface area (Å²) in [6.07, 6.45) is 3.17. The third-order valence-electron chi connectivity index (χ3n) is 4.30. The van der Waals surface area contributed by atoms with Crippen LogP contribution in [-0.2, 0) is 20.7 Å². The number of hydrogen-bond acceptors (Lipinski definition) is 4. The lowest BCUT2D eigenvalue weighted by Gasteiger charge is -2.34. The largest absolute Gasteiger partial charge is 0.497 e. The van der Waals surface area contributed by atoms with Gasteiger partial charge in [-0.25, -0.2) is 0 Å². The first-order chi connectivity index (χ1) is 9.60. The Balaban J connectivity index is 2.14. The average molecular weight is 272 g/mol. The highest BCUT2D eigenvalue weighted by Crippen LogP contribution is 2.52. The van der Waals surface area contributed by atoms with Gasteiger partial charge in [0.1, 0.15) is 11.2 Å². The number of esters is 1. The fourth-order valence-electron chi connectivity index (χ4n) is 3.30. The zero-order chi connectivity index (χ0) is 14.3. The minimum absolute atomic E-state index is 0.00549. The van der Waals surface area contributed by atoms with Crippen LogP contribution in [0.1, 0.15) is 24.0 Å². The third kappa shape index (κ3) is 1.68. The Hall–Kier alpha value is -2.10. The van der Waals surface area contributed by atoms with Gasteiger partial charge in [0, 0.05) is 6.42 Å². The van der Waals surface area contributed by atoms with Crippen LogP contribution >= 0.6 is 0 Å². The van der Waals surface area contributed by atoms with Crippen molar-refractivity contribution in [1.82, 2.24) is 0 Å². The number of rotatable bonds is 2. The predicted octanol–water partition coefficient (Wildman–Crippen LogP) is 2.16. The molecule has 0 amide bonds. The Morgan fingerprint density at radius 1 is 1.30 bits per heavy atom. The minimum atomic E-state index is -0.784. The van der Waals surface area contributed by atoms with Gasteiger partial charge in [-0.3, -0.25) is 9.59 Å². The first kappa shape index (κ1) is 12.9. The molecule has 0 fully saturated rings. The van der Waals surface area contributed by atoms with E-state index in [1.165, 1.54) is 7.11 Å². The van der Waals surface area contributed by atoms with Gasteiger partial charge < -0.3 is 9.47 Å². The monoisotopic (exact) mass is 272 g/mol. The molecule has 0 saturated carbocycles. The number of hydrogen-bond donors (Lipinski definition) is 0. The second kappa shape index (κ2) is 4.47. The molecular weight excluding hydrogens is 256 g/mol. The first-order valence-corrected chi connectivity index (χ1v) is 6.61. The summed E-state index contributed by atoms with van der Waals surface area (Å²) in [7, 11) is 3.00. The van der Waals surface area contributed by atoms with Gasteiger partial charge >= 0.3 is 5.97 Å². The van der Waals surface area contributed by atoms with Crippen LogP contribution < -0.4 is 4.74 Å². The van der Waals surface area contributed by atoms with E-state index < -0.39 is 5.41 Å². The summed E-state index contributed by atoms with van der Waals surface area (Å²) < 4.78 is 10.2. The summed E-state index contributed by atoms with van der Waals surface area (Å²) in [5.41, 5.74) is 2.10. The quantitative estimate of drug-likeness (QED) is 0.774. The lowest BCUT2D eigenvalue weighted by Crippen LogP contribution is -2.35. The van der Waals surface area contributed by atoms with Crippen molar-refractivity contribution in [2.75, 3.05) is 14.2 Å².